The van der Waals surface area contributed by atoms with E-state index < -0.39 is 0 Å². The minimum absolute atomic E-state index is 0.675. The first-order chi connectivity index (χ1) is 7.70. The summed E-state index contributed by atoms with van der Waals surface area (Å²) < 4.78 is 5.21. The molecule has 1 unspecified atom stereocenters. The standard InChI is InChI=1S/C13H16BrClO/c1-16-13-8-9(3-7-12(13)15)2-6-11(14)10-4-5-10/h3,7-8,10-11H,2,4-6H2,1H3. The molecule has 3 heteroatoms. The van der Waals surface area contributed by atoms with Crippen molar-refractivity contribution in [2.75, 3.05) is 7.11 Å². The van der Waals surface area contributed by atoms with E-state index in [9.17, 15) is 0 Å². The van der Waals surface area contributed by atoms with Crippen LogP contribution in [0.3, 0.4) is 0 Å². The molecule has 0 amide bonds. The number of benzene rings is 1. The van der Waals surface area contributed by atoms with Crippen LogP contribution in [0.4, 0.5) is 0 Å². The second-order valence-corrected chi connectivity index (χ2v) is 5.94. The van der Waals surface area contributed by atoms with Crippen molar-refractivity contribution in [3.63, 3.8) is 0 Å². The number of hydrogen-bond acceptors (Lipinski definition) is 1. The molecule has 0 radical (unpaired) electrons. The zero-order valence-corrected chi connectivity index (χ0v) is 11.7. The van der Waals surface area contributed by atoms with E-state index in [2.05, 4.69) is 22.0 Å². The Bertz CT molecular complexity index is 363. The summed E-state index contributed by atoms with van der Waals surface area (Å²) in [6.45, 7) is 0. The largest absolute Gasteiger partial charge is 0.495 e. The van der Waals surface area contributed by atoms with Crippen LogP contribution in [0.25, 0.3) is 0 Å². The van der Waals surface area contributed by atoms with E-state index in [4.69, 9.17) is 16.3 Å². The van der Waals surface area contributed by atoms with Crippen molar-refractivity contribution in [1.82, 2.24) is 0 Å². The van der Waals surface area contributed by atoms with Crippen LogP contribution < -0.4 is 4.74 Å². The van der Waals surface area contributed by atoms with Crippen LogP contribution in [-0.2, 0) is 6.42 Å². The minimum atomic E-state index is 0.675. The average Bonchev–Trinajstić information content (AvgIpc) is 3.11. The van der Waals surface area contributed by atoms with Crippen molar-refractivity contribution in [1.29, 1.82) is 0 Å². The third kappa shape index (κ3) is 3.14. The van der Waals surface area contributed by atoms with Crippen molar-refractivity contribution in [3.8, 4) is 5.75 Å². The average molecular weight is 304 g/mol. The predicted molar refractivity (Wildman–Crippen MR) is 71.8 cm³/mol. The van der Waals surface area contributed by atoms with Crippen LogP contribution in [0.15, 0.2) is 18.2 Å². The van der Waals surface area contributed by atoms with Crippen molar-refractivity contribution < 1.29 is 4.74 Å². The Morgan fingerprint density at radius 1 is 1.50 bits per heavy atom. The van der Waals surface area contributed by atoms with Gasteiger partial charge in [0.15, 0.2) is 0 Å². The molecule has 0 heterocycles. The smallest absolute Gasteiger partial charge is 0.137 e. The first-order valence-electron chi connectivity index (χ1n) is 5.67. The fourth-order valence-corrected chi connectivity index (χ4v) is 2.81. The van der Waals surface area contributed by atoms with E-state index >= 15 is 0 Å². The molecule has 0 N–H and O–H groups in total. The van der Waals surface area contributed by atoms with E-state index in [-0.39, 0.29) is 0 Å². The van der Waals surface area contributed by atoms with Gasteiger partial charge >= 0.3 is 0 Å². The molecule has 1 aliphatic rings. The normalized spacial score (nSPS) is 17.2. The molecular formula is C13H16BrClO. The molecule has 1 aromatic carbocycles. The lowest BCUT2D eigenvalue weighted by molar-refractivity contribution is 0.414. The number of aryl methyl sites for hydroxylation is 1. The van der Waals surface area contributed by atoms with Gasteiger partial charge in [-0.3, -0.25) is 0 Å². The highest BCUT2D eigenvalue weighted by molar-refractivity contribution is 9.09. The summed E-state index contributed by atoms with van der Waals surface area (Å²) in [6, 6.07) is 6.03. The molecular weight excluding hydrogens is 287 g/mol. The van der Waals surface area contributed by atoms with Crippen LogP contribution in [-0.4, -0.2) is 11.9 Å². The molecule has 0 aliphatic heterocycles. The Morgan fingerprint density at radius 2 is 2.25 bits per heavy atom. The summed E-state index contributed by atoms with van der Waals surface area (Å²) >= 11 is 9.74. The molecule has 0 bridgehead atoms. The summed E-state index contributed by atoms with van der Waals surface area (Å²) in [6.07, 6.45) is 5.05. The summed E-state index contributed by atoms with van der Waals surface area (Å²) in [5.74, 6) is 1.69. The predicted octanol–water partition coefficient (Wildman–Crippen LogP) is 4.45. The van der Waals surface area contributed by atoms with Gasteiger partial charge in [0.05, 0.1) is 12.1 Å². The third-order valence-electron chi connectivity index (χ3n) is 3.06. The first kappa shape index (κ1) is 12.3. The second-order valence-electron chi connectivity index (χ2n) is 4.36. The van der Waals surface area contributed by atoms with Gasteiger partial charge in [-0.1, -0.05) is 33.6 Å². The van der Waals surface area contributed by atoms with Gasteiger partial charge in [-0.15, -0.1) is 0 Å². The Hall–Kier alpha value is -0.210. The summed E-state index contributed by atoms with van der Waals surface area (Å²) in [7, 11) is 1.66. The molecule has 0 aromatic heterocycles. The molecule has 1 fully saturated rings. The van der Waals surface area contributed by atoms with Gasteiger partial charge in [0.25, 0.3) is 0 Å². The third-order valence-corrected chi connectivity index (χ3v) is 4.58. The maximum Gasteiger partial charge on any atom is 0.137 e. The van der Waals surface area contributed by atoms with Crippen LogP contribution in [0.2, 0.25) is 5.02 Å². The Kier molecular flexibility index (Phi) is 4.15. The molecule has 2 rings (SSSR count). The van der Waals surface area contributed by atoms with Gasteiger partial charge in [0.1, 0.15) is 5.75 Å². The SMILES string of the molecule is COc1cc(CCC(Br)C2CC2)ccc1Cl. The van der Waals surface area contributed by atoms with E-state index in [1.807, 2.05) is 12.1 Å². The lowest BCUT2D eigenvalue weighted by Crippen LogP contribution is -2.02. The molecule has 1 nitrogen and oxygen atoms in total. The molecule has 1 saturated carbocycles. The van der Waals surface area contributed by atoms with Gasteiger partial charge in [-0.2, -0.15) is 0 Å². The quantitative estimate of drug-likeness (QED) is 0.730. The lowest BCUT2D eigenvalue weighted by Gasteiger charge is -2.09. The fraction of sp³-hybridized carbons (Fsp3) is 0.538. The lowest BCUT2D eigenvalue weighted by atomic mass is 10.1. The molecule has 1 aliphatic carbocycles. The highest BCUT2D eigenvalue weighted by atomic mass is 79.9. The zero-order chi connectivity index (χ0) is 11.5. The highest BCUT2D eigenvalue weighted by Crippen LogP contribution is 2.38. The van der Waals surface area contributed by atoms with Crippen LogP contribution >= 0.6 is 27.5 Å². The Labute approximate surface area is 110 Å². The summed E-state index contributed by atoms with van der Waals surface area (Å²) in [5.41, 5.74) is 1.30. The number of ether oxygens (including phenoxy) is 1. The summed E-state index contributed by atoms with van der Waals surface area (Å²) in [5, 5.41) is 0.684. The minimum Gasteiger partial charge on any atom is -0.495 e. The van der Waals surface area contributed by atoms with Crippen LogP contribution in [0.1, 0.15) is 24.8 Å². The van der Waals surface area contributed by atoms with E-state index in [1.165, 1.54) is 24.8 Å². The van der Waals surface area contributed by atoms with Crippen LogP contribution in [0.5, 0.6) is 5.75 Å². The monoisotopic (exact) mass is 302 g/mol. The van der Waals surface area contributed by atoms with Crippen molar-refractivity contribution in [2.24, 2.45) is 5.92 Å². The maximum absolute atomic E-state index is 5.99. The molecule has 88 valence electrons. The van der Waals surface area contributed by atoms with Gasteiger partial charge in [-0.25, -0.2) is 0 Å². The molecule has 16 heavy (non-hydrogen) atoms. The number of methoxy groups -OCH3 is 1. The van der Waals surface area contributed by atoms with Gasteiger partial charge in [0.2, 0.25) is 0 Å². The fourth-order valence-electron chi connectivity index (χ4n) is 1.86. The van der Waals surface area contributed by atoms with Crippen molar-refractivity contribution in [3.05, 3.63) is 28.8 Å². The number of halogens is 2. The summed E-state index contributed by atoms with van der Waals surface area (Å²) in [4.78, 5) is 0.675. The van der Waals surface area contributed by atoms with Crippen LogP contribution in [0, 0.1) is 5.92 Å². The Balaban J connectivity index is 1.93. The van der Waals surface area contributed by atoms with Crippen molar-refractivity contribution in [2.45, 2.75) is 30.5 Å². The molecule has 0 spiro atoms. The maximum atomic E-state index is 5.99. The Morgan fingerprint density at radius 3 is 2.88 bits per heavy atom. The van der Waals surface area contributed by atoms with Gasteiger partial charge < -0.3 is 4.74 Å². The van der Waals surface area contributed by atoms with Crippen molar-refractivity contribution >= 4 is 27.5 Å². The number of rotatable bonds is 5. The molecule has 1 atom stereocenters. The molecule has 0 saturated heterocycles. The second kappa shape index (κ2) is 5.42. The first-order valence-corrected chi connectivity index (χ1v) is 6.96. The highest BCUT2D eigenvalue weighted by Gasteiger charge is 2.28. The van der Waals surface area contributed by atoms with Gasteiger partial charge in [-0.05, 0) is 49.3 Å². The van der Waals surface area contributed by atoms with E-state index in [1.54, 1.807) is 7.11 Å². The topological polar surface area (TPSA) is 9.23 Å². The molecule has 1 aromatic rings. The number of hydrogen-bond donors (Lipinski definition) is 0. The van der Waals surface area contributed by atoms with Gasteiger partial charge in [0, 0.05) is 4.83 Å². The number of alkyl halides is 1. The van der Waals surface area contributed by atoms with E-state index in [0.717, 1.165) is 18.1 Å². The zero-order valence-electron chi connectivity index (χ0n) is 9.38. The van der Waals surface area contributed by atoms with E-state index in [0.29, 0.717) is 9.85 Å².